The molecule has 7 heteroatoms. The number of nitriles is 1. The average Bonchev–Trinajstić information content (AvgIpc) is 2.77. The van der Waals surface area contributed by atoms with E-state index in [-0.39, 0.29) is 16.8 Å². The van der Waals surface area contributed by atoms with Crippen LogP contribution in [0.5, 0.6) is 5.75 Å². The highest BCUT2D eigenvalue weighted by Crippen LogP contribution is 2.19. The van der Waals surface area contributed by atoms with Crippen LogP contribution in [0.25, 0.3) is 6.08 Å². The second-order valence-electron chi connectivity index (χ2n) is 6.50. The van der Waals surface area contributed by atoms with Crippen molar-refractivity contribution in [2.24, 2.45) is 0 Å². The number of anilines is 1. The third-order valence-corrected chi connectivity index (χ3v) is 4.47. The number of rotatable bonds is 7. The van der Waals surface area contributed by atoms with E-state index in [0.29, 0.717) is 22.9 Å². The second-order valence-corrected chi connectivity index (χ2v) is 6.93. The van der Waals surface area contributed by atoms with Crippen LogP contribution in [-0.2, 0) is 11.4 Å². The topological polar surface area (TPSA) is 99.4 Å². The highest BCUT2D eigenvalue weighted by Gasteiger charge is 2.11. The molecule has 0 radical (unpaired) electrons. The van der Waals surface area contributed by atoms with Crippen LogP contribution in [-0.4, -0.2) is 17.0 Å². The highest BCUT2D eigenvalue weighted by atomic mass is 35.5. The van der Waals surface area contributed by atoms with Crippen LogP contribution in [0.2, 0.25) is 5.02 Å². The molecule has 0 atom stereocenters. The first-order chi connectivity index (χ1) is 14.9. The van der Waals surface area contributed by atoms with E-state index in [1.165, 1.54) is 24.3 Å². The maximum atomic E-state index is 12.5. The number of carboxylic acid groups (broad SMARTS) is 1. The van der Waals surface area contributed by atoms with Crippen molar-refractivity contribution in [3.63, 3.8) is 0 Å². The summed E-state index contributed by atoms with van der Waals surface area (Å²) in [4.78, 5) is 23.5. The molecule has 6 nitrogen and oxygen atoms in total. The molecule has 0 heterocycles. The zero-order valence-corrected chi connectivity index (χ0v) is 17.0. The lowest BCUT2D eigenvalue weighted by Gasteiger charge is -2.08. The van der Waals surface area contributed by atoms with E-state index in [2.05, 4.69) is 5.32 Å². The Morgan fingerprint density at radius 3 is 2.52 bits per heavy atom. The molecule has 0 spiro atoms. The lowest BCUT2D eigenvalue weighted by Crippen LogP contribution is -2.13. The van der Waals surface area contributed by atoms with Crippen molar-refractivity contribution in [2.45, 2.75) is 6.61 Å². The van der Waals surface area contributed by atoms with Crippen molar-refractivity contribution >= 4 is 35.2 Å². The van der Waals surface area contributed by atoms with E-state index >= 15 is 0 Å². The number of ether oxygens (including phenoxy) is 1. The molecule has 3 aromatic rings. The molecule has 0 aromatic heterocycles. The fraction of sp³-hybridized carbons (Fsp3) is 0.0417. The molecular formula is C24H17ClN2O4. The van der Waals surface area contributed by atoms with Gasteiger partial charge in [-0.1, -0.05) is 41.9 Å². The van der Waals surface area contributed by atoms with Crippen molar-refractivity contribution in [1.82, 2.24) is 0 Å². The van der Waals surface area contributed by atoms with Crippen molar-refractivity contribution in [3.8, 4) is 11.8 Å². The van der Waals surface area contributed by atoms with Gasteiger partial charge in [0.05, 0.1) is 5.56 Å². The molecular weight excluding hydrogens is 416 g/mol. The number of aromatic carboxylic acids is 1. The third-order valence-electron chi connectivity index (χ3n) is 4.22. The Balaban J connectivity index is 1.71. The van der Waals surface area contributed by atoms with E-state index in [0.717, 1.165) is 5.56 Å². The number of carboxylic acids is 1. The van der Waals surface area contributed by atoms with Gasteiger partial charge in [0, 0.05) is 10.7 Å². The fourth-order valence-electron chi connectivity index (χ4n) is 2.69. The second kappa shape index (κ2) is 10.1. The van der Waals surface area contributed by atoms with Gasteiger partial charge < -0.3 is 15.2 Å². The molecule has 0 bridgehead atoms. The Kier molecular flexibility index (Phi) is 7.05. The molecule has 0 saturated heterocycles. The van der Waals surface area contributed by atoms with Crippen LogP contribution in [0, 0.1) is 11.3 Å². The largest absolute Gasteiger partial charge is 0.489 e. The maximum Gasteiger partial charge on any atom is 0.335 e. The minimum atomic E-state index is -1.11. The number of nitrogens with zero attached hydrogens (tertiary/aromatic N) is 1. The Labute approximate surface area is 184 Å². The van der Waals surface area contributed by atoms with Gasteiger partial charge in [0.1, 0.15) is 24.0 Å². The lowest BCUT2D eigenvalue weighted by molar-refractivity contribution is -0.112. The number of hydrogen-bond donors (Lipinski definition) is 2. The van der Waals surface area contributed by atoms with E-state index in [1.54, 1.807) is 42.5 Å². The molecule has 1 amide bonds. The molecule has 3 aromatic carbocycles. The van der Waals surface area contributed by atoms with Gasteiger partial charge in [-0.05, 0) is 59.7 Å². The Morgan fingerprint density at radius 2 is 1.81 bits per heavy atom. The number of benzene rings is 3. The first kappa shape index (κ1) is 21.6. The Hall–Kier alpha value is -4.08. The van der Waals surface area contributed by atoms with Crippen molar-refractivity contribution in [3.05, 3.63) is 100 Å². The first-order valence-electron chi connectivity index (χ1n) is 9.18. The van der Waals surface area contributed by atoms with E-state index in [9.17, 15) is 14.9 Å². The van der Waals surface area contributed by atoms with Crippen molar-refractivity contribution < 1.29 is 19.4 Å². The summed E-state index contributed by atoms with van der Waals surface area (Å²) in [6, 6.07) is 21.9. The summed E-state index contributed by atoms with van der Waals surface area (Å²) >= 11 is 5.88. The van der Waals surface area contributed by atoms with Gasteiger partial charge in [-0.3, -0.25) is 4.79 Å². The monoisotopic (exact) mass is 432 g/mol. The zero-order valence-electron chi connectivity index (χ0n) is 16.2. The van der Waals surface area contributed by atoms with Gasteiger partial charge in [-0.2, -0.15) is 5.26 Å². The fourth-order valence-corrected chi connectivity index (χ4v) is 2.81. The SMILES string of the molecule is N#CC(=Cc1cccc(OCc2ccc(Cl)cc2)c1)C(=O)Nc1cccc(C(=O)O)c1. The predicted octanol–water partition coefficient (Wildman–Crippen LogP) is 5.16. The van der Waals surface area contributed by atoms with Gasteiger partial charge in [0.25, 0.3) is 5.91 Å². The Bertz CT molecular complexity index is 1180. The molecule has 0 saturated carbocycles. The molecule has 0 unspecified atom stereocenters. The molecule has 3 rings (SSSR count). The minimum Gasteiger partial charge on any atom is -0.489 e. The van der Waals surface area contributed by atoms with Crippen LogP contribution in [0.15, 0.2) is 78.4 Å². The van der Waals surface area contributed by atoms with E-state index in [4.69, 9.17) is 21.4 Å². The van der Waals surface area contributed by atoms with Gasteiger partial charge in [0.15, 0.2) is 0 Å². The number of halogens is 1. The Morgan fingerprint density at radius 1 is 1.06 bits per heavy atom. The summed E-state index contributed by atoms with van der Waals surface area (Å²) in [6.45, 7) is 0.343. The van der Waals surface area contributed by atoms with E-state index in [1.807, 2.05) is 18.2 Å². The summed E-state index contributed by atoms with van der Waals surface area (Å²) in [5.74, 6) is -1.17. The van der Waals surface area contributed by atoms with Gasteiger partial charge in [-0.25, -0.2) is 4.79 Å². The average molecular weight is 433 g/mol. The van der Waals surface area contributed by atoms with Crippen LogP contribution in [0.4, 0.5) is 5.69 Å². The number of nitrogens with one attached hydrogen (secondary N) is 1. The van der Waals surface area contributed by atoms with Crippen LogP contribution in [0.1, 0.15) is 21.5 Å². The number of carbonyl (C=O) groups excluding carboxylic acids is 1. The minimum absolute atomic E-state index is 0.0332. The lowest BCUT2D eigenvalue weighted by atomic mass is 10.1. The molecule has 2 N–H and O–H groups in total. The zero-order chi connectivity index (χ0) is 22.2. The first-order valence-corrected chi connectivity index (χ1v) is 9.56. The summed E-state index contributed by atoms with van der Waals surface area (Å²) in [7, 11) is 0. The predicted molar refractivity (Wildman–Crippen MR) is 118 cm³/mol. The molecule has 31 heavy (non-hydrogen) atoms. The summed E-state index contributed by atoms with van der Waals surface area (Å²) in [6.07, 6.45) is 1.44. The van der Waals surface area contributed by atoms with Crippen molar-refractivity contribution in [2.75, 3.05) is 5.32 Å². The third kappa shape index (κ3) is 6.20. The van der Waals surface area contributed by atoms with Crippen LogP contribution in [0.3, 0.4) is 0 Å². The number of carbonyl (C=O) groups is 2. The molecule has 154 valence electrons. The quantitative estimate of drug-likeness (QED) is 0.396. The number of hydrogen-bond acceptors (Lipinski definition) is 4. The summed E-state index contributed by atoms with van der Waals surface area (Å²) in [5.41, 5.74) is 1.75. The van der Waals surface area contributed by atoms with Gasteiger partial charge in [0.2, 0.25) is 0 Å². The number of amides is 1. The maximum absolute atomic E-state index is 12.5. The van der Waals surface area contributed by atoms with E-state index < -0.39 is 11.9 Å². The molecule has 0 aliphatic heterocycles. The molecule has 0 aliphatic carbocycles. The standard InChI is InChI=1S/C24H17ClN2O4/c25-20-9-7-16(8-10-20)15-31-22-6-1-3-17(12-22)11-19(14-26)23(28)27-21-5-2-4-18(13-21)24(29)30/h1-13H,15H2,(H,27,28)(H,29,30). The molecule has 0 aliphatic rings. The normalized spacial score (nSPS) is 10.8. The summed E-state index contributed by atoms with van der Waals surface area (Å²) in [5, 5.41) is 21.6. The smallest absolute Gasteiger partial charge is 0.335 e. The highest BCUT2D eigenvalue weighted by molar-refractivity contribution is 6.30. The molecule has 0 fully saturated rings. The van der Waals surface area contributed by atoms with Gasteiger partial charge >= 0.3 is 5.97 Å². The van der Waals surface area contributed by atoms with Crippen molar-refractivity contribution in [1.29, 1.82) is 5.26 Å². The van der Waals surface area contributed by atoms with Crippen LogP contribution < -0.4 is 10.1 Å². The van der Waals surface area contributed by atoms with Gasteiger partial charge in [-0.15, -0.1) is 0 Å². The summed E-state index contributed by atoms with van der Waals surface area (Å²) < 4.78 is 5.77. The van der Waals surface area contributed by atoms with Crippen LogP contribution >= 0.6 is 11.6 Å².